The molecule has 18 heavy (non-hydrogen) atoms. The van der Waals surface area contributed by atoms with Gasteiger partial charge < -0.3 is 0 Å². The van der Waals surface area contributed by atoms with Crippen LogP contribution in [0.15, 0.2) is 12.1 Å². The van der Waals surface area contributed by atoms with Crippen LogP contribution in [0.25, 0.3) is 0 Å². The first-order valence-corrected chi connectivity index (χ1v) is 5.30. The van der Waals surface area contributed by atoms with E-state index in [0.717, 1.165) is 0 Å². The van der Waals surface area contributed by atoms with Crippen molar-refractivity contribution in [1.29, 1.82) is 0 Å². The first kappa shape index (κ1) is 15.1. The molecule has 0 heterocycles. The zero-order valence-electron chi connectivity index (χ0n) is 9.38. The van der Waals surface area contributed by atoms with Gasteiger partial charge in [0.1, 0.15) is 0 Å². The Morgan fingerprint density at radius 1 is 0.944 bits per heavy atom. The van der Waals surface area contributed by atoms with Crippen molar-refractivity contribution in [1.82, 2.24) is 0 Å². The number of hydrogen-bond acceptors (Lipinski definition) is 0. The SMILES string of the molecule is CC(C)c1c(Cl)cc(C(F)(F)F)cc1C(F)(F)F. The Morgan fingerprint density at radius 3 is 1.78 bits per heavy atom. The monoisotopic (exact) mass is 290 g/mol. The Balaban J connectivity index is 3.58. The van der Waals surface area contributed by atoms with Crippen molar-refractivity contribution in [3.8, 4) is 0 Å². The van der Waals surface area contributed by atoms with Crippen molar-refractivity contribution < 1.29 is 26.3 Å². The molecule has 0 N–H and O–H groups in total. The second-order valence-electron chi connectivity index (χ2n) is 4.07. The van der Waals surface area contributed by atoms with E-state index in [1.807, 2.05) is 0 Å². The predicted molar refractivity (Wildman–Crippen MR) is 55.5 cm³/mol. The van der Waals surface area contributed by atoms with Crippen molar-refractivity contribution in [2.24, 2.45) is 0 Å². The van der Waals surface area contributed by atoms with Gasteiger partial charge in [0.05, 0.1) is 11.1 Å². The summed E-state index contributed by atoms with van der Waals surface area (Å²) in [4.78, 5) is 0. The van der Waals surface area contributed by atoms with E-state index in [2.05, 4.69) is 0 Å². The van der Waals surface area contributed by atoms with Gasteiger partial charge >= 0.3 is 12.4 Å². The normalized spacial score (nSPS) is 13.2. The lowest BCUT2D eigenvalue weighted by Crippen LogP contribution is -2.14. The summed E-state index contributed by atoms with van der Waals surface area (Å²) in [7, 11) is 0. The highest BCUT2D eigenvalue weighted by Crippen LogP contribution is 2.42. The number of hydrogen-bond donors (Lipinski definition) is 0. The number of alkyl halides is 6. The van der Waals surface area contributed by atoms with Gasteiger partial charge in [0.2, 0.25) is 0 Å². The van der Waals surface area contributed by atoms with Crippen molar-refractivity contribution in [3.05, 3.63) is 33.8 Å². The van der Waals surface area contributed by atoms with Crippen molar-refractivity contribution in [2.75, 3.05) is 0 Å². The van der Waals surface area contributed by atoms with E-state index < -0.39 is 34.4 Å². The molecule has 0 aliphatic heterocycles. The van der Waals surface area contributed by atoms with Gasteiger partial charge in [0, 0.05) is 5.02 Å². The smallest absolute Gasteiger partial charge is 0.166 e. The Bertz CT molecular complexity index is 444. The lowest BCUT2D eigenvalue weighted by molar-refractivity contribution is -0.143. The van der Waals surface area contributed by atoms with E-state index in [1.165, 1.54) is 13.8 Å². The Kier molecular flexibility index (Phi) is 3.91. The molecule has 0 bridgehead atoms. The molecule has 0 fully saturated rings. The van der Waals surface area contributed by atoms with Crippen molar-refractivity contribution >= 4 is 11.6 Å². The van der Waals surface area contributed by atoms with Crippen LogP contribution in [-0.2, 0) is 12.4 Å². The molecule has 102 valence electrons. The molecule has 0 aromatic heterocycles. The minimum absolute atomic E-state index is 0.0984. The summed E-state index contributed by atoms with van der Waals surface area (Å²) in [5, 5.41) is -0.521. The third-order valence-electron chi connectivity index (χ3n) is 2.34. The molecule has 1 rings (SSSR count). The first-order valence-electron chi connectivity index (χ1n) is 4.92. The van der Waals surface area contributed by atoms with Crippen LogP contribution in [0, 0.1) is 0 Å². The van der Waals surface area contributed by atoms with E-state index in [1.54, 1.807) is 0 Å². The Morgan fingerprint density at radius 2 is 1.44 bits per heavy atom. The van der Waals surface area contributed by atoms with E-state index in [0.29, 0.717) is 6.07 Å². The van der Waals surface area contributed by atoms with Crippen LogP contribution in [0.2, 0.25) is 5.02 Å². The van der Waals surface area contributed by atoms with Gasteiger partial charge in [0.25, 0.3) is 0 Å². The second-order valence-corrected chi connectivity index (χ2v) is 4.48. The number of benzene rings is 1. The van der Waals surface area contributed by atoms with Gasteiger partial charge in [-0.15, -0.1) is 0 Å². The molecule has 1 aromatic rings. The average Bonchev–Trinajstić information content (AvgIpc) is 2.12. The molecule has 0 aliphatic rings. The molecular formula is C11H9ClF6. The second kappa shape index (κ2) is 4.64. The fourth-order valence-corrected chi connectivity index (χ4v) is 2.04. The topological polar surface area (TPSA) is 0 Å². The molecule has 0 amide bonds. The third kappa shape index (κ3) is 3.10. The summed E-state index contributed by atoms with van der Waals surface area (Å²) in [6.07, 6.45) is -9.73. The first-order chi connectivity index (χ1) is 7.94. The minimum Gasteiger partial charge on any atom is -0.166 e. The van der Waals surface area contributed by atoms with Crippen LogP contribution in [0.4, 0.5) is 26.3 Å². The Hall–Kier alpha value is -0.910. The van der Waals surface area contributed by atoms with Crippen LogP contribution in [0.1, 0.15) is 36.5 Å². The summed E-state index contributed by atoms with van der Waals surface area (Å²) in [6.45, 7) is 2.87. The van der Waals surface area contributed by atoms with Crippen LogP contribution in [0.3, 0.4) is 0 Å². The van der Waals surface area contributed by atoms with Gasteiger partial charge in [-0.3, -0.25) is 0 Å². The molecule has 0 spiro atoms. The van der Waals surface area contributed by atoms with E-state index in [9.17, 15) is 26.3 Å². The van der Waals surface area contributed by atoms with Crippen LogP contribution in [0.5, 0.6) is 0 Å². The fraction of sp³-hybridized carbons (Fsp3) is 0.455. The molecule has 0 nitrogen and oxygen atoms in total. The quantitative estimate of drug-likeness (QED) is 0.599. The highest BCUT2D eigenvalue weighted by molar-refractivity contribution is 6.31. The molecule has 0 unspecified atom stereocenters. The zero-order valence-corrected chi connectivity index (χ0v) is 10.1. The molecular weight excluding hydrogens is 282 g/mol. The van der Waals surface area contributed by atoms with Gasteiger partial charge in [-0.2, -0.15) is 26.3 Å². The predicted octanol–water partition coefficient (Wildman–Crippen LogP) is 5.50. The summed E-state index contributed by atoms with van der Waals surface area (Å²) < 4.78 is 75.5. The summed E-state index contributed by atoms with van der Waals surface area (Å²) in [5.74, 6) is -0.628. The van der Waals surface area contributed by atoms with Gasteiger partial charge in [-0.05, 0) is 23.6 Å². The highest BCUT2D eigenvalue weighted by atomic mass is 35.5. The van der Waals surface area contributed by atoms with Gasteiger partial charge in [-0.1, -0.05) is 25.4 Å². The van der Waals surface area contributed by atoms with Crippen LogP contribution in [-0.4, -0.2) is 0 Å². The summed E-state index contributed by atoms with van der Waals surface area (Å²) in [5.41, 5.74) is -3.06. The molecule has 7 heteroatoms. The maximum absolute atomic E-state index is 12.7. The number of halogens is 7. The largest absolute Gasteiger partial charge is 0.416 e. The lowest BCUT2D eigenvalue weighted by Gasteiger charge is -2.19. The van der Waals surface area contributed by atoms with E-state index in [-0.39, 0.29) is 11.6 Å². The maximum Gasteiger partial charge on any atom is 0.416 e. The van der Waals surface area contributed by atoms with Crippen LogP contribution >= 0.6 is 11.6 Å². The van der Waals surface area contributed by atoms with E-state index in [4.69, 9.17) is 11.6 Å². The molecule has 0 radical (unpaired) electrons. The average molecular weight is 291 g/mol. The Labute approximate surface area is 105 Å². The van der Waals surface area contributed by atoms with Gasteiger partial charge in [-0.25, -0.2) is 0 Å². The summed E-state index contributed by atoms with van der Waals surface area (Å²) in [6, 6.07) is 0.618. The lowest BCUT2D eigenvalue weighted by atomic mass is 9.94. The fourth-order valence-electron chi connectivity index (χ4n) is 1.60. The molecule has 0 saturated carbocycles. The molecule has 1 aromatic carbocycles. The molecule has 0 aliphatic carbocycles. The number of rotatable bonds is 1. The van der Waals surface area contributed by atoms with Gasteiger partial charge in [0.15, 0.2) is 0 Å². The minimum atomic E-state index is -4.87. The van der Waals surface area contributed by atoms with Crippen LogP contribution < -0.4 is 0 Å². The van der Waals surface area contributed by atoms with Crippen molar-refractivity contribution in [2.45, 2.75) is 32.1 Å². The zero-order chi connectivity index (χ0) is 14.3. The molecule has 0 atom stereocenters. The van der Waals surface area contributed by atoms with Crippen molar-refractivity contribution in [3.63, 3.8) is 0 Å². The maximum atomic E-state index is 12.7. The molecule has 0 saturated heterocycles. The summed E-state index contributed by atoms with van der Waals surface area (Å²) >= 11 is 5.54. The third-order valence-corrected chi connectivity index (χ3v) is 2.65. The highest BCUT2D eigenvalue weighted by Gasteiger charge is 2.39. The standard InChI is InChI=1S/C11H9ClF6/c1-5(2)9-7(11(16,17)18)3-6(4-8(9)12)10(13,14)15/h3-5H,1-2H3. The van der Waals surface area contributed by atoms with E-state index >= 15 is 0 Å².